The molecule has 0 bridgehead atoms. The predicted molar refractivity (Wildman–Crippen MR) is 94.4 cm³/mol. The topological polar surface area (TPSA) is 101 Å². The highest BCUT2D eigenvalue weighted by atomic mass is 32.2. The molecule has 25 heavy (non-hydrogen) atoms. The van der Waals surface area contributed by atoms with Crippen LogP contribution >= 0.6 is 0 Å². The van der Waals surface area contributed by atoms with Gasteiger partial charge in [0.05, 0.1) is 4.90 Å². The van der Waals surface area contributed by atoms with Crippen LogP contribution in [0.3, 0.4) is 0 Å². The number of rotatable bonds is 5. The van der Waals surface area contributed by atoms with Gasteiger partial charge in [-0.25, -0.2) is 18.4 Å². The Morgan fingerprint density at radius 1 is 1.16 bits per heavy atom. The van der Waals surface area contributed by atoms with E-state index in [-0.39, 0.29) is 4.90 Å². The summed E-state index contributed by atoms with van der Waals surface area (Å²) in [5, 5.41) is 10.4. The minimum Gasteiger partial charge on any atom is -0.323 e. The molecule has 0 saturated heterocycles. The van der Waals surface area contributed by atoms with Crippen LogP contribution in [0.4, 0.5) is 11.6 Å². The molecule has 2 aromatic heterocycles. The lowest BCUT2D eigenvalue weighted by molar-refractivity contribution is 0.602. The molecule has 4 rings (SSSR count). The lowest BCUT2D eigenvalue weighted by Crippen LogP contribution is -1.99. The second-order valence-corrected chi connectivity index (χ2v) is 8.19. The summed E-state index contributed by atoms with van der Waals surface area (Å²) in [6.45, 7) is 0. The number of nitrogens with zero attached hydrogens (tertiary/aromatic N) is 3. The smallest absolute Gasteiger partial charge is 0.175 e. The van der Waals surface area contributed by atoms with E-state index < -0.39 is 9.84 Å². The van der Waals surface area contributed by atoms with Gasteiger partial charge in [-0.05, 0) is 31.0 Å². The van der Waals surface area contributed by atoms with E-state index in [9.17, 15) is 8.42 Å². The average molecular weight is 355 g/mol. The molecule has 0 unspecified atom stereocenters. The molecule has 3 aromatic rings. The van der Waals surface area contributed by atoms with Gasteiger partial charge in [0.25, 0.3) is 0 Å². The zero-order valence-corrected chi connectivity index (χ0v) is 14.4. The van der Waals surface area contributed by atoms with Crippen molar-refractivity contribution in [2.24, 2.45) is 0 Å². The summed E-state index contributed by atoms with van der Waals surface area (Å²) in [4.78, 5) is 8.95. The van der Waals surface area contributed by atoms with Crippen molar-refractivity contribution in [3.8, 4) is 11.4 Å². The fourth-order valence-corrected chi connectivity index (χ4v) is 3.24. The molecule has 2 N–H and O–H groups in total. The van der Waals surface area contributed by atoms with Crippen molar-refractivity contribution in [1.29, 1.82) is 0 Å². The Morgan fingerprint density at radius 2 is 2.00 bits per heavy atom. The SMILES string of the molecule is CS(=O)(=O)c1cccc(-c2nccc(Nc3cc(C4CC4)[nH]n3)n2)c1. The fraction of sp³-hybridized carbons (Fsp3) is 0.235. The number of hydrogen-bond acceptors (Lipinski definition) is 6. The van der Waals surface area contributed by atoms with Gasteiger partial charge in [0.2, 0.25) is 0 Å². The van der Waals surface area contributed by atoms with Gasteiger partial charge in [-0.3, -0.25) is 5.10 Å². The maximum Gasteiger partial charge on any atom is 0.175 e. The Bertz CT molecular complexity index is 1020. The molecular weight excluding hydrogens is 338 g/mol. The van der Waals surface area contributed by atoms with E-state index in [1.165, 1.54) is 19.1 Å². The number of nitrogens with one attached hydrogen (secondary N) is 2. The number of benzene rings is 1. The molecule has 1 fully saturated rings. The summed E-state index contributed by atoms with van der Waals surface area (Å²) in [5.41, 5.74) is 1.78. The Labute approximate surface area is 145 Å². The summed E-state index contributed by atoms with van der Waals surface area (Å²) in [6.07, 6.45) is 5.22. The molecular formula is C17H17N5O2S. The molecule has 7 nitrogen and oxygen atoms in total. The fourth-order valence-electron chi connectivity index (χ4n) is 2.57. The summed E-state index contributed by atoms with van der Waals surface area (Å²) in [5.74, 6) is 2.36. The third kappa shape index (κ3) is 3.53. The monoisotopic (exact) mass is 355 g/mol. The summed E-state index contributed by atoms with van der Waals surface area (Å²) in [7, 11) is -3.28. The standard InChI is InChI=1S/C17H17N5O2S/c1-25(23,24)13-4-2-3-12(9-13)17-18-8-7-15(20-17)19-16-10-14(21-22-16)11-5-6-11/h2-4,7-11H,5-6H2,1H3,(H2,18,19,20,21,22). The van der Waals surface area contributed by atoms with Gasteiger partial charge in [0, 0.05) is 35.7 Å². The highest BCUT2D eigenvalue weighted by Crippen LogP contribution is 2.39. The van der Waals surface area contributed by atoms with Gasteiger partial charge in [-0.15, -0.1) is 0 Å². The Morgan fingerprint density at radius 3 is 2.76 bits per heavy atom. The first-order valence-electron chi connectivity index (χ1n) is 7.95. The molecule has 8 heteroatoms. The lowest BCUT2D eigenvalue weighted by Gasteiger charge is -2.06. The molecule has 0 radical (unpaired) electrons. The molecule has 128 valence electrons. The van der Waals surface area contributed by atoms with E-state index in [1.807, 2.05) is 6.07 Å². The first kappa shape index (κ1) is 15.8. The van der Waals surface area contributed by atoms with Gasteiger partial charge in [0.15, 0.2) is 21.5 Å². The van der Waals surface area contributed by atoms with Crippen LogP contribution in [0.2, 0.25) is 0 Å². The van der Waals surface area contributed by atoms with E-state index >= 15 is 0 Å². The van der Waals surface area contributed by atoms with Crippen LogP contribution in [0.25, 0.3) is 11.4 Å². The minimum atomic E-state index is -3.28. The maximum atomic E-state index is 11.7. The van der Waals surface area contributed by atoms with Gasteiger partial charge >= 0.3 is 0 Å². The molecule has 0 atom stereocenters. The minimum absolute atomic E-state index is 0.244. The van der Waals surface area contributed by atoms with Crippen molar-refractivity contribution in [2.75, 3.05) is 11.6 Å². The van der Waals surface area contributed by atoms with Crippen LogP contribution in [0.5, 0.6) is 0 Å². The molecule has 1 saturated carbocycles. The molecule has 0 amide bonds. The number of sulfone groups is 1. The third-order valence-electron chi connectivity index (χ3n) is 4.05. The van der Waals surface area contributed by atoms with Crippen molar-refractivity contribution in [3.63, 3.8) is 0 Å². The molecule has 2 heterocycles. The zero-order chi connectivity index (χ0) is 17.4. The molecule has 1 aliphatic carbocycles. The van der Waals surface area contributed by atoms with E-state index in [2.05, 4.69) is 25.5 Å². The number of aromatic amines is 1. The van der Waals surface area contributed by atoms with Crippen LogP contribution in [-0.4, -0.2) is 34.8 Å². The lowest BCUT2D eigenvalue weighted by atomic mass is 10.2. The summed E-state index contributed by atoms with van der Waals surface area (Å²) >= 11 is 0. The van der Waals surface area contributed by atoms with Crippen molar-refractivity contribution in [1.82, 2.24) is 20.2 Å². The number of aromatic nitrogens is 4. The van der Waals surface area contributed by atoms with E-state index in [0.717, 1.165) is 5.69 Å². The highest BCUT2D eigenvalue weighted by Gasteiger charge is 2.25. The van der Waals surface area contributed by atoms with Gasteiger partial charge in [-0.1, -0.05) is 12.1 Å². The number of hydrogen-bond donors (Lipinski definition) is 2. The summed E-state index contributed by atoms with van der Waals surface area (Å²) in [6, 6.07) is 10.3. The number of H-pyrrole nitrogens is 1. The second-order valence-electron chi connectivity index (χ2n) is 6.17. The first-order chi connectivity index (χ1) is 12.0. The molecule has 1 aliphatic rings. The van der Waals surface area contributed by atoms with Crippen molar-refractivity contribution in [2.45, 2.75) is 23.7 Å². The van der Waals surface area contributed by atoms with Crippen molar-refractivity contribution < 1.29 is 8.42 Å². The van der Waals surface area contributed by atoms with E-state index in [4.69, 9.17) is 0 Å². The summed E-state index contributed by atoms with van der Waals surface area (Å²) < 4.78 is 23.4. The quantitative estimate of drug-likeness (QED) is 0.730. The largest absolute Gasteiger partial charge is 0.323 e. The highest BCUT2D eigenvalue weighted by molar-refractivity contribution is 7.90. The molecule has 1 aromatic carbocycles. The van der Waals surface area contributed by atoms with Crippen molar-refractivity contribution in [3.05, 3.63) is 48.3 Å². The van der Waals surface area contributed by atoms with Gasteiger partial charge < -0.3 is 5.32 Å². The first-order valence-corrected chi connectivity index (χ1v) is 9.84. The number of anilines is 2. The predicted octanol–water partition coefficient (Wildman–Crippen LogP) is 2.89. The Balaban J connectivity index is 1.60. The maximum absolute atomic E-state index is 11.7. The van der Waals surface area contributed by atoms with Crippen LogP contribution < -0.4 is 5.32 Å². The van der Waals surface area contributed by atoms with Gasteiger partial charge in [-0.2, -0.15) is 5.10 Å². The zero-order valence-electron chi connectivity index (χ0n) is 13.6. The average Bonchev–Trinajstić information content (AvgIpc) is 3.35. The van der Waals surface area contributed by atoms with Crippen molar-refractivity contribution >= 4 is 21.5 Å². The van der Waals surface area contributed by atoms with Crippen LogP contribution in [0.1, 0.15) is 24.5 Å². The van der Waals surface area contributed by atoms with E-state index in [0.29, 0.717) is 28.9 Å². The Hall–Kier alpha value is -2.74. The van der Waals surface area contributed by atoms with Crippen LogP contribution in [0.15, 0.2) is 47.5 Å². The van der Waals surface area contributed by atoms with Crippen LogP contribution in [0, 0.1) is 0 Å². The second kappa shape index (κ2) is 5.96. The van der Waals surface area contributed by atoms with Crippen LogP contribution in [-0.2, 0) is 9.84 Å². The molecule has 0 spiro atoms. The van der Waals surface area contributed by atoms with E-state index in [1.54, 1.807) is 36.5 Å². The normalized spacial score (nSPS) is 14.4. The molecule has 0 aliphatic heterocycles. The Kier molecular flexibility index (Phi) is 3.76. The van der Waals surface area contributed by atoms with Gasteiger partial charge in [0.1, 0.15) is 5.82 Å². The third-order valence-corrected chi connectivity index (χ3v) is 5.16.